The molecule has 2 atom stereocenters. The van der Waals surface area contributed by atoms with Crippen molar-refractivity contribution in [1.29, 1.82) is 0 Å². The molecule has 1 aromatic carbocycles. The molecule has 1 N–H and O–H groups in total. The van der Waals surface area contributed by atoms with Crippen LogP contribution in [0.2, 0.25) is 10.0 Å². The molecule has 32 heavy (non-hydrogen) atoms. The molecule has 12 heteroatoms. The molecule has 0 spiro atoms. The maximum absolute atomic E-state index is 13.1. The van der Waals surface area contributed by atoms with Crippen LogP contribution in [0.5, 0.6) is 0 Å². The van der Waals surface area contributed by atoms with Crippen LogP contribution >= 0.6 is 23.2 Å². The van der Waals surface area contributed by atoms with Crippen molar-refractivity contribution in [3.05, 3.63) is 50.9 Å². The largest absolute Gasteiger partial charge is 0.468 e. The molecule has 0 bridgehead atoms. The fourth-order valence-electron chi connectivity index (χ4n) is 3.51. The van der Waals surface area contributed by atoms with Crippen LogP contribution in [0.3, 0.4) is 0 Å². The average molecular weight is 482 g/mol. The van der Waals surface area contributed by atoms with E-state index >= 15 is 0 Å². The summed E-state index contributed by atoms with van der Waals surface area (Å²) >= 11 is 12.7. The van der Waals surface area contributed by atoms with Gasteiger partial charge < -0.3 is 14.2 Å². The zero-order chi connectivity index (χ0) is 23.3. The normalized spacial score (nSPS) is 18.3. The predicted molar refractivity (Wildman–Crippen MR) is 115 cm³/mol. The maximum Gasteiger partial charge on any atom is 0.336 e. The van der Waals surface area contributed by atoms with E-state index in [1.54, 1.807) is 32.0 Å². The molecule has 0 fully saturated rings. The van der Waals surface area contributed by atoms with Crippen molar-refractivity contribution in [3.63, 3.8) is 0 Å². The summed E-state index contributed by atoms with van der Waals surface area (Å²) in [5, 5.41) is 13.9. The van der Waals surface area contributed by atoms with E-state index in [4.69, 9.17) is 37.4 Å². The summed E-state index contributed by atoms with van der Waals surface area (Å²) in [4.78, 5) is 30.3. The Morgan fingerprint density at radius 3 is 2.66 bits per heavy atom. The number of benzene rings is 1. The van der Waals surface area contributed by atoms with Crippen molar-refractivity contribution in [2.45, 2.75) is 26.4 Å². The third-order valence-corrected chi connectivity index (χ3v) is 5.68. The molecule has 10 nitrogen and oxygen atoms in total. The lowest BCUT2D eigenvalue weighted by Gasteiger charge is -2.32. The van der Waals surface area contributed by atoms with Crippen LogP contribution in [-0.4, -0.2) is 58.6 Å². The first-order valence-corrected chi connectivity index (χ1v) is 10.4. The van der Waals surface area contributed by atoms with Crippen molar-refractivity contribution in [2.24, 2.45) is 10.9 Å². The van der Waals surface area contributed by atoms with Crippen molar-refractivity contribution < 1.29 is 23.8 Å². The Balaban J connectivity index is 2.11. The highest BCUT2D eigenvalue weighted by Gasteiger charge is 2.44. The molecular weight excluding hydrogens is 461 g/mol. The Hall–Kier alpha value is -2.82. The Labute approximate surface area is 193 Å². The van der Waals surface area contributed by atoms with E-state index in [2.05, 4.69) is 25.6 Å². The van der Waals surface area contributed by atoms with Crippen LogP contribution in [0, 0.1) is 5.92 Å². The number of aliphatic imine (C=N–C) groups is 1. The molecule has 2 heterocycles. The van der Waals surface area contributed by atoms with Gasteiger partial charge in [0.05, 0.1) is 41.6 Å². The number of hydrogen-bond donors (Lipinski definition) is 1. The van der Waals surface area contributed by atoms with Gasteiger partial charge in [-0.1, -0.05) is 40.5 Å². The van der Waals surface area contributed by atoms with Crippen LogP contribution in [-0.2, 0) is 30.4 Å². The number of hydrogen-bond acceptors (Lipinski definition) is 9. The quantitative estimate of drug-likeness (QED) is 0.569. The number of carbonyl (C=O) groups excluding carboxylic acids is 2. The summed E-state index contributed by atoms with van der Waals surface area (Å²) in [6, 6.07) is 5.01. The number of carbonyl (C=O) groups is 2. The lowest BCUT2D eigenvalue weighted by molar-refractivity contribution is -0.144. The fraction of sp³-hybridized carbons (Fsp3) is 0.400. The molecule has 2 unspecified atom stereocenters. The Morgan fingerprint density at radius 2 is 2.00 bits per heavy atom. The van der Waals surface area contributed by atoms with E-state index in [1.807, 2.05) is 0 Å². The fourth-order valence-corrected chi connectivity index (χ4v) is 3.93. The van der Waals surface area contributed by atoms with E-state index in [-0.39, 0.29) is 35.4 Å². The molecular formula is C20H21Cl2N5O5. The van der Waals surface area contributed by atoms with E-state index in [9.17, 15) is 9.59 Å². The minimum atomic E-state index is -0.906. The van der Waals surface area contributed by atoms with E-state index in [0.717, 1.165) is 0 Å². The topological polar surface area (TPSA) is 129 Å². The third-order valence-electron chi connectivity index (χ3n) is 4.84. The van der Waals surface area contributed by atoms with E-state index in [1.165, 1.54) is 7.11 Å². The standard InChI is InChI=1S/C20H21Cl2N5O5/c1-4-32-20(29)17-13(8-31-9-14-24-26-27-25-14)23-10(2)15(19(28)30-3)16(17)11-6-5-7-12(21)18(11)22/h5-7,15-16H,4,8-9H2,1-3H3,(H,24,25,26,27). The van der Waals surface area contributed by atoms with Gasteiger partial charge in [0, 0.05) is 11.6 Å². The number of rotatable bonds is 8. The van der Waals surface area contributed by atoms with Gasteiger partial charge >= 0.3 is 11.9 Å². The number of H-pyrrole nitrogens is 1. The summed E-state index contributed by atoms with van der Waals surface area (Å²) in [6.07, 6.45) is 0. The summed E-state index contributed by atoms with van der Waals surface area (Å²) in [6.45, 7) is 3.45. The van der Waals surface area contributed by atoms with Crippen LogP contribution in [0.15, 0.2) is 34.5 Å². The van der Waals surface area contributed by atoms with Crippen LogP contribution in [0.25, 0.3) is 0 Å². The second kappa shape index (κ2) is 10.7. The van der Waals surface area contributed by atoms with Crippen LogP contribution in [0.1, 0.15) is 31.2 Å². The number of nitrogens with zero attached hydrogens (tertiary/aromatic N) is 4. The monoisotopic (exact) mass is 481 g/mol. The van der Waals surface area contributed by atoms with Gasteiger partial charge in [-0.2, -0.15) is 5.21 Å². The SMILES string of the molecule is CCOC(=O)C1=C(COCc2nn[nH]n2)N=C(C)C(C(=O)OC)C1c1cccc(Cl)c1Cl. The van der Waals surface area contributed by atoms with Crippen LogP contribution in [0.4, 0.5) is 0 Å². The second-order valence-corrected chi connectivity index (χ2v) is 7.56. The molecule has 0 saturated heterocycles. The molecule has 1 aliphatic heterocycles. The van der Waals surface area contributed by atoms with Gasteiger partial charge in [0.1, 0.15) is 12.5 Å². The lowest BCUT2D eigenvalue weighted by Crippen LogP contribution is -2.37. The summed E-state index contributed by atoms with van der Waals surface area (Å²) in [7, 11) is 1.27. The first kappa shape index (κ1) is 23.8. The molecule has 0 radical (unpaired) electrons. The third kappa shape index (κ3) is 4.98. The van der Waals surface area contributed by atoms with Gasteiger partial charge in [-0.3, -0.25) is 9.79 Å². The Morgan fingerprint density at radius 1 is 1.22 bits per heavy atom. The number of tetrazole rings is 1. The van der Waals surface area contributed by atoms with Gasteiger partial charge in [0.2, 0.25) is 0 Å². The summed E-state index contributed by atoms with van der Waals surface area (Å²) in [5.41, 5.74) is 1.35. The number of aromatic nitrogens is 4. The molecule has 0 saturated carbocycles. The van der Waals surface area contributed by atoms with Crippen molar-refractivity contribution in [3.8, 4) is 0 Å². The Bertz CT molecular complexity index is 1050. The van der Waals surface area contributed by atoms with E-state index < -0.39 is 23.8 Å². The second-order valence-electron chi connectivity index (χ2n) is 6.78. The van der Waals surface area contributed by atoms with Gasteiger partial charge in [0.25, 0.3) is 0 Å². The molecule has 170 valence electrons. The highest BCUT2D eigenvalue weighted by atomic mass is 35.5. The van der Waals surface area contributed by atoms with Gasteiger partial charge in [0.15, 0.2) is 5.82 Å². The zero-order valence-electron chi connectivity index (χ0n) is 17.6. The lowest BCUT2D eigenvalue weighted by atomic mass is 9.75. The predicted octanol–water partition coefficient (Wildman–Crippen LogP) is 2.89. The van der Waals surface area contributed by atoms with E-state index in [0.29, 0.717) is 22.8 Å². The van der Waals surface area contributed by atoms with Crippen molar-refractivity contribution in [2.75, 3.05) is 20.3 Å². The number of nitrogens with one attached hydrogen (secondary N) is 1. The number of halogens is 2. The highest BCUT2D eigenvalue weighted by molar-refractivity contribution is 6.42. The summed E-state index contributed by atoms with van der Waals surface area (Å²) in [5.74, 6) is -2.62. The van der Waals surface area contributed by atoms with Crippen molar-refractivity contribution in [1.82, 2.24) is 20.6 Å². The summed E-state index contributed by atoms with van der Waals surface area (Å²) < 4.78 is 16.0. The number of aromatic amines is 1. The van der Waals surface area contributed by atoms with Gasteiger partial charge in [-0.25, -0.2) is 4.79 Å². The molecule has 0 amide bonds. The van der Waals surface area contributed by atoms with Crippen molar-refractivity contribution >= 4 is 40.9 Å². The molecule has 3 rings (SSSR count). The minimum Gasteiger partial charge on any atom is -0.468 e. The van der Waals surface area contributed by atoms with Gasteiger partial charge in [-0.15, -0.1) is 10.2 Å². The number of ether oxygens (including phenoxy) is 3. The van der Waals surface area contributed by atoms with Gasteiger partial charge in [-0.05, 0) is 25.5 Å². The first-order valence-electron chi connectivity index (χ1n) is 9.66. The zero-order valence-corrected chi connectivity index (χ0v) is 19.1. The number of methoxy groups -OCH3 is 1. The average Bonchev–Trinajstić information content (AvgIpc) is 3.28. The maximum atomic E-state index is 13.1. The first-order chi connectivity index (χ1) is 15.4. The number of esters is 2. The molecule has 2 aromatic rings. The molecule has 1 aliphatic rings. The minimum absolute atomic E-state index is 0.0354. The molecule has 0 aliphatic carbocycles. The Kier molecular flexibility index (Phi) is 7.94. The highest BCUT2D eigenvalue weighted by Crippen LogP contribution is 2.44. The van der Waals surface area contributed by atoms with Crippen LogP contribution < -0.4 is 0 Å². The smallest absolute Gasteiger partial charge is 0.336 e. The molecule has 1 aromatic heterocycles.